The molecule has 0 unspecified atom stereocenters. The highest BCUT2D eigenvalue weighted by atomic mass is 16.5. The Morgan fingerprint density at radius 1 is 1.00 bits per heavy atom. The number of hydrogen-bond donors (Lipinski definition) is 0. The van der Waals surface area contributed by atoms with Crippen molar-refractivity contribution in [3.05, 3.63) is 77.9 Å². The van der Waals surface area contributed by atoms with E-state index in [0.717, 1.165) is 28.4 Å². The van der Waals surface area contributed by atoms with Crippen molar-refractivity contribution in [1.82, 2.24) is 9.80 Å². The Balaban J connectivity index is 1.38. The monoisotopic (exact) mass is 471 g/mol. The molecule has 1 fully saturated rings. The van der Waals surface area contributed by atoms with Gasteiger partial charge in [0.2, 0.25) is 5.91 Å². The summed E-state index contributed by atoms with van der Waals surface area (Å²) < 4.78 is 17.1. The van der Waals surface area contributed by atoms with Crippen molar-refractivity contribution in [1.29, 1.82) is 0 Å². The molecule has 0 radical (unpaired) electrons. The minimum absolute atomic E-state index is 0.0330. The Morgan fingerprint density at radius 2 is 1.80 bits per heavy atom. The highest BCUT2D eigenvalue weighted by Gasteiger charge is 2.32. The second kappa shape index (κ2) is 9.70. The van der Waals surface area contributed by atoms with Gasteiger partial charge in [0.15, 0.2) is 17.2 Å². The summed E-state index contributed by atoms with van der Waals surface area (Å²) >= 11 is 0. The third kappa shape index (κ3) is 4.54. The van der Waals surface area contributed by atoms with E-state index < -0.39 is 0 Å². The molecule has 180 valence electrons. The maximum atomic E-state index is 13.1. The van der Waals surface area contributed by atoms with Gasteiger partial charge in [-0.1, -0.05) is 30.3 Å². The number of nitrogens with zero attached hydrogens (tertiary/aromatic N) is 3. The van der Waals surface area contributed by atoms with E-state index in [9.17, 15) is 4.79 Å². The zero-order valence-corrected chi connectivity index (χ0v) is 20.2. The van der Waals surface area contributed by atoms with E-state index >= 15 is 0 Å². The van der Waals surface area contributed by atoms with Crippen molar-refractivity contribution in [3.63, 3.8) is 0 Å². The average molecular weight is 472 g/mol. The van der Waals surface area contributed by atoms with Crippen LogP contribution in [0, 0.1) is 0 Å². The molecule has 3 aromatic rings. The number of hydrogen-bond acceptors (Lipinski definition) is 6. The zero-order valence-electron chi connectivity index (χ0n) is 20.2. The van der Waals surface area contributed by atoms with Crippen LogP contribution in [0.4, 0.5) is 5.69 Å². The third-order valence-corrected chi connectivity index (χ3v) is 6.51. The van der Waals surface area contributed by atoms with E-state index in [1.165, 1.54) is 0 Å². The minimum Gasteiger partial charge on any atom is -0.497 e. The molecule has 7 nitrogen and oxygen atoms in total. The molecular formula is C28H29N3O4. The number of fused-ring (bicyclic) bond motifs is 2. The Morgan fingerprint density at radius 3 is 2.54 bits per heavy atom. The maximum Gasteiger partial charge on any atom is 0.227 e. The standard InChI is InChI=1S/C28H29N3O4/c1-19-18-30(15-16-31(19)26(32)17-20-11-13-21(33-2)14-12-20)28-22-7-6-10-25(34-3)27(22)35-24-9-5-4-8-23(24)29-28/h4-14,19H,15-18H2,1-3H3/t19-/m0/s1. The topological polar surface area (TPSA) is 63.6 Å². The number of methoxy groups -OCH3 is 2. The van der Waals surface area contributed by atoms with Crippen molar-refractivity contribution >= 4 is 17.4 Å². The van der Waals surface area contributed by atoms with Gasteiger partial charge in [-0.15, -0.1) is 0 Å². The van der Waals surface area contributed by atoms with E-state index in [1.54, 1.807) is 14.2 Å². The second-order valence-corrected chi connectivity index (χ2v) is 8.75. The van der Waals surface area contributed by atoms with Crippen LogP contribution in [0.25, 0.3) is 0 Å². The Labute approximate surface area is 205 Å². The van der Waals surface area contributed by atoms with Gasteiger partial charge in [0, 0.05) is 25.7 Å². The number of piperazine rings is 1. The summed E-state index contributed by atoms with van der Waals surface area (Å²) in [6.07, 6.45) is 0.372. The van der Waals surface area contributed by atoms with Crippen molar-refractivity contribution in [2.45, 2.75) is 19.4 Å². The first-order valence-electron chi connectivity index (χ1n) is 11.8. The van der Waals surface area contributed by atoms with Crippen LogP contribution in [0.1, 0.15) is 18.1 Å². The smallest absolute Gasteiger partial charge is 0.227 e. The minimum atomic E-state index is 0.0330. The molecule has 0 aromatic heterocycles. The molecule has 0 saturated carbocycles. The predicted molar refractivity (Wildman–Crippen MR) is 135 cm³/mol. The van der Waals surface area contributed by atoms with Crippen molar-refractivity contribution < 1.29 is 19.0 Å². The number of amides is 1. The van der Waals surface area contributed by atoms with Crippen LogP contribution in [0.5, 0.6) is 23.0 Å². The Kier molecular flexibility index (Phi) is 6.31. The fourth-order valence-electron chi connectivity index (χ4n) is 4.66. The SMILES string of the molecule is COc1ccc(CC(=O)N2CCN(C3=Nc4ccccc4Oc4c(OC)cccc43)C[C@@H]2C)cc1. The fourth-order valence-corrected chi connectivity index (χ4v) is 4.66. The van der Waals surface area contributed by atoms with E-state index in [-0.39, 0.29) is 11.9 Å². The Hall–Kier alpha value is -4.00. The van der Waals surface area contributed by atoms with E-state index in [0.29, 0.717) is 43.3 Å². The van der Waals surface area contributed by atoms with Crippen LogP contribution in [0.3, 0.4) is 0 Å². The maximum absolute atomic E-state index is 13.1. The van der Waals surface area contributed by atoms with Gasteiger partial charge in [0.05, 0.1) is 26.2 Å². The molecule has 3 aromatic carbocycles. The van der Waals surface area contributed by atoms with Gasteiger partial charge in [-0.3, -0.25) is 4.79 Å². The van der Waals surface area contributed by atoms with Crippen LogP contribution in [-0.2, 0) is 11.2 Å². The first-order chi connectivity index (χ1) is 17.1. The molecule has 2 aliphatic heterocycles. The summed E-state index contributed by atoms with van der Waals surface area (Å²) in [5.74, 6) is 3.75. The van der Waals surface area contributed by atoms with Crippen molar-refractivity contribution in [3.8, 4) is 23.0 Å². The highest BCUT2D eigenvalue weighted by molar-refractivity contribution is 6.04. The molecule has 5 rings (SSSR count). The zero-order chi connectivity index (χ0) is 24.4. The molecule has 1 atom stereocenters. The summed E-state index contributed by atoms with van der Waals surface area (Å²) in [5.41, 5.74) is 2.63. The number of carbonyl (C=O) groups is 1. The lowest BCUT2D eigenvalue weighted by Gasteiger charge is -2.41. The van der Waals surface area contributed by atoms with Gasteiger partial charge in [-0.2, -0.15) is 0 Å². The highest BCUT2D eigenvalue weighted by Crippen LogP contribution is 2.42. The molecule has 0 N–H and O–H groups in total. The summed E-state index contributed by atoms with van der Waals surface area (Å²) in [4.78, 5) is 22.3. The first-order valence-corrected chi connectivity index (χ1v) is 11.8. The normalized spacial score (nSPS) is 16.9. The lowest BCUT2D eigenvalue weighted by Crippen LogP contribution is -2.55. The van der Waals surface area contributed by atoms with E-state index in [2.05, 4.69) is 11.8 Å². The summed E-state index contributed by atoms with van der Waals surface area (Å²) in [6.45, 7) is 4.06. The molecule has 2 heterocycles. The molecule has 2 aliphatic rings. The van der Waals surface area contributed by atoms with Crippen LogP contribution < -0.4 is 14.2 Å². The van der Waals surface area contributed by atoms with Gasteiger partial charge in [-0.25, -0.2) is 4.99 Å². The second-order valence-electron chi connectivity index (χ2n) is 8.75. The van der Waals surface area contributed by atoms with Crippen LogP contribution >= 0.6 is 0 Å². The lowest BCUT2D eigenvalue weighted by molar-refractivity contribution is -0.134. The first kappa shape index (κ1) is 22.8. The molecule has 1 saturated heterocycles. The molecular weight excluding hydrogens is 442 g/mol. The molecule has 7 heteroatoms. The quantitative estimate of drug-likeness (QED) is 0.554. The van der Waals surface area contributed by atoms with Crippen molar-refractivity contribution in [2.24, 2.45) is 4.99 Å². The summed E-state index contributed by atoms with van der Waals surface area (Å²) in [5, 5.41) is 0. The molecule has 35 heavy (non-hydrogen) atoms. The van der Waals surface area contributed by atoms with E-state index in [1.807, 2.05) is 71.6 Å². The van der Waals surface area contributed by atoms with E-state index in [4.69, 9.17) is 19.2 Å². The number of amidine groups is 1. The molecule has 0 aliphatic carbocycles. The summed E-state index contributed by atoms with van der Waals surface area (Å²) in [6, 6.07) is 21.3. The lowest BCUT2D eigenvalue weighted by atomic mass is 10.1. The number of ether oxygens (including phenoxy) is 3. The number of para-hydroxylation sites is 3. The van der Waals surface area contributed by atoms with Gasteiger partial charge in [0.1, 0.15) is 17.3 Å². The van der Waals surface area contributed by atoms with Gasteiger partial charge in [-0.05, 0) is 48.9 Å². The predicted octanol–water partition coefficient (Wildman–Crippen LogP) is 4.66. The third-order valence-electron chi connectivity index (χ3n) is 6.51. The number of benzene rings is 3. The summed E-state index contributed by atoms with van der Waals surface area (Å²) in [7, 11) is 3.28. The Bertz CT molecular complexity index is 1260. The number of aliphatic imine (C=N–C) groups is 1. The van der Waals surface area contributed by atoms with Crippen LogP contribution in [0.15, 0.2) is 71.7 Å². The largest absolute Gasteiger partial charge is 0.497 e. The van der Waals surface area contributed by atoms with Gasteiger partial charge < -0.3 is 24.0 Å². The number of rotatable bonds is 4. The number of carbonyl (C=O) groups excluding carboxylic acids is 1. The molecule has 1 amide bonds. The van der Waals surface area contributed by atoms with Gasteiger partial charge >= 0.3 is 0 Å². The molecule has 0 spiro atoms. The van der Waals surface area contributed by atoms with Crippen LogP contribution in [0.2, 0.25) is 0 Å². The fraction of sp³-hybridized carbons (Fsp3) is 0.286. The van der Waals surface area contributed by atoms with Gasteiger partial charge in [0.25, 0.3) is 0 Å². The average Bonchev–Trinajstić information content (AvgIpc) is 3.05. The molecule has 0 bridgehead atoms. The van der Waals surface area contributed by atoms with Crippen molar-refractivity contribution in [2.75, 3.05) is 33.9 Å². The van der Waals surface area contributed by atoms with Crippen LogP contribution in [-0.4, -0.2) is 61.4 Å².